The van der Waals surface area contributed by atoms with Crippen LogP contribution in [0.3, 0.4) is 0 Å². The molecule has 5 nitrogen and oxygen atoms in total. The summed E-state index contributed by atoms with van der Waals surface area (Å²) in [6, 6.07) is 2.09. The summed E-state index contributed by atoms with van der Waals surface area (Å²) in [5.74, 6) is 2.84. The van der Waals surface area contributed by atoms with Gasteiger partial charge in [-0.25, -0.2) is 0 Å². The third-order valence-electron chi connectivity index (χ3n) is 6.04. The second kappa shape index (κ2) is 5.09. The maximum atomic E-state index is 6.54. The number of ether oxygens (including phenoxy) is 1. The van der Waals surface area contributed by atoms with Gasteiger partial charge in [-0.2, -0.15) is 5.10 Å². The highest BCUT2D eigenvalue weighted by Gasteiger charge is 2.55. The molecule has 6 rings (SSSR count). The quantitative estimate of drug-likeness (QED) is 0.810. The normalized spacial score (nSPS) is 36.9. The molecular formula is C18H22BN4O+. The Balaban J connectivity index is 1.39. The third kappa shape index (κ3) is 2.35. The molecule has 24 heavy (non-hydrogen) atoms. The van der Waals surface area contributed by atoms with Crippen molar-refractivity contribution in [1.82, 2.24) is 14.8 Å². The summed E-state index contributed by atoms with van der Waals surface area (Å²) in [4.78, 5) is 4.38. The Kier molecular flexibility index (Phi) is 3.08. The molecule has 0 spiro atoms. The Labute approximate surface area is 143 Å². The number of rotatable bonds is 3. The molecule has 5 heterocycles. The molecule has 2 unspecified atom stereocenters. The molecule has 2 radical (unpaired) electrons. The number of piperidine rings is 3. The van der Waals surface area contributed by atoms with Crippen LogP contribution >= 0.6 is 0 Å². The Hall–Kier alpha value is -1.82. The lowest BCUT2D eigenvalue weighted by molar-refractivity contribution is -0.852. The van der Waals surface area contributed by atoms with Crippen LogP contribution < -0.4 is 4.74 Å². The first-order valence-corrected chi connectivity index (χ1v) is 8.83. The van der Waals surface area contributed by atoms with Crippen LogP contribution in [-0.4, -0.2) is 52.9 Å². The molecule has 1 aliphatic carbocycles. The first-order valence-electron chi connectivity index (χ1n) is 8.83. The maximum Gasteiger partial charge on any atom is 0.481 e. The predicted molar refractivity (Wildman–Crippen MR) is 91.2 cm³/mol. The maximum absolute atomic E-state index is 6.54. The topological polar surface area (TPSA) is 39.9 Å². The fraction of sp³-hybridized carbons (Fsp3) is 0.556. The highest BCUT2D eigenvalue weighted by molar-refractivity contribution is 5.97. The van der Waals surface area contributed by atoms with E-state index < -0.39 is 0 Å². The van der Waals surface area contributed by atoms with Gasteiger partial charge in [0.1, 0.15) is 11.9 Å². The van der Waals surface area contributed by atoms with Gasteiger partial charge in [-0.15, -0.1) is 0 Å². The number of aromatic nitrogens is 3. The lowest BCUT2D eigenvalue weighted by Gasteiger charge is -2.59. The summed E-state index contributed by atoms with van der Waals surface area (Å²) in [5, 5.41) is 4.24. The van der Waals surface area contributed by atoms with Gasteiger partial charge in [0.2, 0.25) is 0 Å². The van der Waals surface area contributed by atoms with Gasteiger partial charge in [-0.05, 0) is 18.9 Å². The van der Waals surface area contributed by atoms with E-state index in [9.17, 15) is 0 Å². The minimum absolute atomic E-state index is 0.294. The van der Waals surface area contributed by atoms with Gasteiger partial charge in [-0.1, -0.05) is 0 Å². The molecule has 4 aliphatic rings. The number of pyridine rings is 1. The van der Waals surface area contributed by atoms with Crippen LogP contribution in [0.4, 0.5) is 0 Å². The van der Waals surface area contributed by atoms with E-state index >= 15 is 0 Å². The molecule has 0 amide bonds. The Morgan fingerprint density at radius 3 is 2.58 bits per heavy atom. The number of nitrogens with zero attached hydrogens (tertiary/aromatic N) is 4. The first kappa shape index (κ1) is 14.5. The van der Waals surface area contributed by atoms with E-state index in [-0.39, 0.29) is 0 Å². The van der Waals surface area contributed by atoms with E-state index in [1.807, 2.05) is 31.8 Å². The van der Waals surface area contributed by atoms with Gasteiger partial charge in [0, 0.05) is 48.3 Å². The minimum Gasteiger partial charge on any atom is -0.488 e. The zero-order valence-electron chi connectivity index (χ0n) is 14.0. The average molecular weight is 321 g/mol. The number of aryl methyl sites for hydroxylation is 1. The second-order valence-electron chi connectivity index (χ2n) is 8.02. The zero-order chi connectivity index (χ0) is 16.3. The molecule has 6 heteroatoms. The third-order valence-corrected chi connectivity index (χ3v) is 6.04. The van der Waals surface area contributed by atoms with Crippen LogP contribution in [0.15, 0.2) is 30.9 Å². The highest BCUT2D eigenvalue weighted by Crippen LogP contribution is 2.47. The van der Waals surface area contributed by atoms with Gasteiger partial charge < -0.3 is 9.13 Å². The summed E-state index contributed by atoms with van der Waals surface area (Å²) in [6.45, 7) is 3.29. The van der Waals surface area contributed by atoms with E-state index in [0.29, 0.717) is 17.9 Å². The van der Waals surface area contributed by atoms with Crippen LogP contribution in [0.5, 0.6) is 5.75 Å². The molecule has 2 aromatic rings. The smallest absolute Gasteiger partial charge is 0.481 e. The summed E-state index contributed by atoms with van der Waals surface area (Å²) >= 11 is 0. The van der Waals surface area contributed by atoms with E-state index in [1.165, 1.54) is 12.8 Å². The summed E-state index contributed by atoms with van der Waals surface area (Å²) < 4.78 is 9.03. The largest absolute Gasteiger partial charge is 0.488 e. The summed E-state index contributed by atoms with van der Waals surface area (Å²) in [7, 11) is 8.46. The Bertz CT molecular complexity index is 760. The van der Waals surface area contributed by atoms with Crippen molar-refractivity contribution in [2.75, 3.05) is 19.6 Å². The van der Waals surface area contributed by atoms with Crippen molar-refractivity contribution in [3.05, 3.63) is 30.9 Å². The summed E-state index contributed by atoms with van der Waals surface area (Å²) in [6.07, 6.45) is 10.4. The van der Waals surface area contributed by atoms with Crippen LogP contribution in [0, 0.1) is 17.8 Å². The molecule has 1 saturated carbocycles. The second-order valence-corrected chi connectivity index (χ2v) is 8.02. The molecule has 3 saturated heterocycles. The lowest BCUT2D eigenvalue weighted by Crippen LogP contribution is -2.70. The molecular weight excluding hydrogens is 299 g/mol. The van der Waals surface area contributed by atoms with Crippen LogP contribution in [0.2, 0.25) is 0 Å². The Morgan fingerprint density at radius 2 is 1.92 bits per heavy atom. The molecule has 2 atom stereocenters. The lowest BCUT2D eigenvalue weighted by atomic mass is 9.63. The van der Waals surface area contributed by atoms with Gasteiger partial charge in [0.05, 0.1) is 32.0 Å². The van der Waals surface area contributed by atoms with E-state index in [1.54, 1.807) is 4.68 Å². The van der Waals surface area contributed by atoms with Crippen molar-refractivity contribution in [2.45, 2.75) is 18.9 Å². The van der Waals surface area contributed by atoms with Gasteiger partial charge >= 0.3 is 7.98 Å². The van der Waals surface area contributed by atoms with Gasteiger partial charge in [0.15, 0.2) is 0 Å². The predicted octanol–water partition coefficient (Wildman–Crippen LogP) is 1.80. The molecule has 122 valence electrons. The number of quaternary nitrogens is 1. The van der Waals surface area contributed by atoms with Crippen LogP contribution in [-0.2, 0) is 7.05 Å². The molecule has 4 fully saturated rings. The fourth-order valence-electron chi connectivity index (χ4n) is 5.34. The number of hydrogen-bond donors (Lipinski definition) is 0. The SMILES string of the molecule is [B][N+]12CC3CC(C1)C(Oc1cncc(-c4cnn(C)c4)c1)C(C3)C2. The van der Waals surface area contributed by atoms with Gasteiger partial charge in [0.25, 0.3) is 0 Å². The zero-order valence-corrected chi connectivity index (χ0v) is 14.0. The minimum atomic E-state index is 0.294. The van der Waals surface area contributed by atoms with Crippen molar-refractivity contribution in [3.63, 3.8) is 0 Å². The molecule has 0 N–H and O–H groups in total. The van der Waals surface area contributed by atoms with Crippen molar-refractivity contribution < 1.29 is 9.13 Å². The number of hydrogen-bond acceptors (Lipinski definition) is 3. The van der Waals surface area contributed by atoms with Gasteiger partial charge in [-0.3, -0.25) is 9.67 Å². The van der Waals surface area contributed by atoms with E-state index in [0.717, 1.165) is 46.8 Å². The van der Waals surface area contributed by atoms with Crippen LogP contribution in [0.1, 0.15) is 12.8 Å². The standard InChI is InChI=1S/C18H22BN4O/c1-22-8-16(6-21-22)13-4-17(7-20-5-13)24-18-14-2-12-3-15(18)11-23(19,9-12)10-14/h4-8,12,14-15,18H,2-3,9-11H2,1H3/q+1. The molecule has 4 bridgehead atoms. The van der Waals surface area contributed by atoms with Crippen molar-refractivity contribution >= 4 is 7.98 Å². The van der Waals surface area contributed by atoms with Crippen molar-refractivity contribution in [3.8, 4) is 16.9 Å². The fourth-order valence-corrected chi connectivity index (χ4v) is 5.34. The van der Waals surface area contributed by atoms with Crippen molar-refractivity contribution in [1.29, 1.82) is 0 Å². The summed E-state index contributed by atoms with van der Waals surface area (Å²) in [5.41, 5.74) is 2.12. The van der Waals surface area contributed by atoms with Crippen molar-refractivity contribution in [2.24, 2.45) is 24.8 Å². The molecule has 3 aliphatic heterocycles. The average Bonchev–Trinajstić information content (AvgIpc) is 2.96. The van der Waals surface area contributed by atoms with E-state index in [4.69, 9.17) is 12.7 Å². The van der Waals surface area contributed by atoms with Crippen LogP contribution in [0.25, 0.3) is 11.1 Å². The first-order chi connectivity index (χ1) is 11.6. The molecule has 2 aromatic heterocycles. The Morgan fingerprint density at radius 1 is 1.12 bits per heavy atom. The monoisotopic (exact) mass is 321 g/mol. The highest BCUT2D eigenvalue weighted by atomic mass is 16.5. The van der Waals surface area contributed by atoms with E-state index in [2.05, 4.69) is 16.1 Å². The molecule has 0 aromatic carbocycles.